The predicted molar refractivity (Wildman–Crippen MR) is 90.6 cm³/mol. The van der Waals surface area contributed by atoms with Crippen molar-refractivity contribution >= 4 is 16.7 Å². The molecule has 0 unspecified atom stereocenters. The summed E-state index contributed by atoms with van der Waals surface area (Å²) in [5, 5.41) is 1.47. The first-order valence-corrected chi connectivity index (χ1v) is 8.67. The summed E-state index contributed by atoms with van der Waals surface area (Å²) in [4.78, 5) is 30.0. The number of fused-ring (bicyclic) bond motifs is 1. The molecule has 1 saturated carbocycles. The quantitative estimate of drug-likeness (QED) is 0.925. The van der Waals surface area contributed by atoms with Gasteiger partial charge in [-0.3, -0.25) is 9.59 Å². The molecule has 2 heterocycles. The third-order valence-corrected chi connectivity index (χ3v) is 5.49. The molecule has 1 atom stereocenters. The van der Waals surface area contributed by atoms with Gasteiger partial charge in [0.1, 0.15) is 5.69 Å². The van der Waals surface area contributed by atoms with Crippen LogP contribution in [0.3, 0.4) is 0 Å². The van der Waals surface area contributed by atoms with E-state index in [-0.39, 0.29) is 11.5 Å². The zero-order chi connectivity index (χ0) is 15.8. The van der Waals surface area contributed by atoms with Crippen molar-refractivity contribution in [3.63, 3.8) is 0 Å². The minimum Gasteiger partial charge on any atom is -0.334 e. The van der Waals surface area contributed by atoms with E-state index in [4.69, 9.17) is 0 Å². The fourth-order valence-electron chi connectivity index (χ4n) is 4.36. The molecule has 4 nitrogen and oxygen atoms in total. The second kappa shape index (κ2) is 5.84. The van der Waals surface area contributed by atoms with Crippen LogP contribution in [0.25, 0.3) is 10.8 Å². The fourth-order valence-corrected chi connectivity index (χ4v) is 4.36. The lowest BCUT2D eigenvalue weighted by atomic mass is 9.96. The highest BCUT2D eigenvalue weighted by molar-refractivity contribution is 5.96. The second-order valence-electron chi connectivity index (χ2n) is 6.85. The lowest BCUT2D eigenvalue weighted by molar-refractivity contribution is 0.0683. The molecule has 23 heavy (non-hydrogen) atoms. The van der Waals surface area contributed by atoms with Gasteiger partial charge in [0.25, 0.3) is 11.5 Å². The fraction of sp³-hybridized carbons (Fsp3) is 0.474. The summed E-state index contributed by atoms with van der Waals surface area (Å²) in [5.74, 6) is 0.635. The highest BCUT2D eigenvalue weighted by Gasteiger charge is 2.36. The number of aromatic nitrogens is 1. The number of nitrogens with zero attached hydrogens (tertiary/aromatic N) is 1. The van der Waals surface area contributed by atoms with Gasteiger partial charge in [0.15, 0.2) is 0 Å². The molecule has 1 amide bonds. The molecule has 0 spiro atoms. The van der Waals surface area contributed by atoms with E-state index in [2.05, 4.69) is 4.98 Å². The van der Waals surface area contributed by atoms with E-state index in [1.165, 1.54) is 25.7 Å². The van der Waals surface area contributed by atoms with Crippen molar-refractivity contribution in [1.29, 1.82) is 0 Å². The second-order valence-corrected chi connectivity index (χ2v) is 6.85. The summed E-state index contributed by atoms with van der Waals surface area (Å²) in [7, 11) is 0. The maximum Gasteiger partial charge on any atom is 0.270 e. The van der Waals surface area contributed by atoms with E-state index >= 15 is 0 Å². The molecule has 120 valence electrons. The van der Waals surface area contributed by atoms with Crippen LogP contribution < -0.4 is 5.56 Å². The van der Waals surface area contributed by atoms with E-state index in [0.29, 0.717) is 23.0 Å². The maximum absolute atomic E-state index is 13.0. The van der Waals surface area contributed by atoms with Gasteiger partial charge >= 0.3 is 0 Å². The van der Waals surface area contributed by atoms with Gasteiger partial charge in [0.05, 0.1) is 0 Å². The van der Waals surface area contributed by atoms with E-state index in [1.54, 1.807) is 6.07 Å². The number of benzene rings is 1. The number of carbonyl (C=O) groups excluding carboxylic acids is 1. The molecule has 1 aliphatic heterocycles. The summed E-state index contributed by atoms with van der Waals surface area (Å²) >= 11 is 0. The first-order chi connectivity index (χ1) is 11.2. The Morgan fingerprint density at radius 2 is 1.87 bits per heavy atom. The number of rotatable bonds is 2. The topological polar surface area (TPSA) is 53.2 Å². The van der Waals surface area contributed by atoms with E-state index in [1.807, 2.05) is 29.2 Å². The van der Waals surface area contributed by atoms with Gasteiger partial charge < -0.3 is 9.88 Å². The molecule has 2 fully saturated rings. The minimum atomic E-state index is -0.178. The molecule has 2 aliphatic rings. The first kappa shape index (κ1) is 14.5. The van der Waals surface area contributed by atoms with Crippen molar-refractivity contribution in [3.05, 3.63) is 46.4 Å². The average molecular weight is 310 g/mol. The number of carbonyl (C=O) groups is 1. The van der Waals surface area contributed by atoms with Crippen molar-refractivity contribution < 1.29 is 4.79 Å². The number of H-pyrrole nitrogens is 1. The maximum atomic E-state index is 13.0. The minimum absolute atomic E-state index is 0.0118. The molecule has 1 saturated heterocycles. The van der Waals surface area contributed by atoms with Gasteiger partial charge in [0.2, 0.25) is 0 Å². The SMILES string of the molecule is O=C(c1cc2ccccc2c(=O)[nH]1)N1CCC[C@@H]1C1CCCC1. The van der Waals surface area contributed by atoms with Crippen LogP contribution in [0, 0.1) is 5.92 Å². The lowest BCUT2D eigenvalue weighted by Gasteiger charge is -2.29. The van der Waals surface area contributed by atoms with Crippen LogP contribution in [0.4, 0.5) is 0 Å². The number of pyridine rings is 1. The number of hydrogen-bond donors (Lipinski definition) is 1. The molecular weight excluding hydrogens is 288 g/mol. The van der Waals surface area contributed by atoms with Crippen molar-refractivity contribution in [2.75, 3.05) is 6.54 Å². The van der Waals surface area contributed by atoms with Crippen LogP contribution in [0.2, 0.25) is 0 Å². The molecule has 1 aliphatic carbocycles. The Bertz CT molecular complexity index is 789. The molecule has 4 rings (SSSR count). The summed E-state index contributed by atoms with van der Waals surface area (Å²) in [5.41, 5.74) is 0.252. The summed E-state index contributed by atoms with van der Waals surface area (Å²) in [6.07, 6.45) is 7.23. The van der Waals surface area contributed by atoms with Crippen LogP contribution in [0.1, 0.15) is 49.0 Å². The molecular formula is C19H22N2O2. The summed E-state index contributed by atoms with van der Waals surface area (Å²) in [6.45, 7) is 0.814. The van der Waals surface area contributed by atoms with Gasteiger partial charge in [-0.05, 0) is 49.1 Å². The van der Waals surface area contributed by atoms with Crippen molar-refractivity contribution in [2.24, 2.45) is 5.92 Å². The average Bonchev–Trinajstić information content (AvgIpc) is 3.25. The van der Waals surface area contributed by atoms with Gasteiger partial charge in [-0.2, -0.15) is 0 Å². The van der Waals surface area contributed by atoms with Crippen LogP contribution in [-0.4, -0.2) is 28.4 Å². The van der Waals surface area contributed by atoms with E-state index in [9.17, 15) is 9.59 Å². The number of amides is 1. The highest BCUT2D eigenvalue weighted by Crippen LogP contribution is 2.35. The molecule has 4 heteroatoms. The molecule has 0 bridgehead atoms. The summed E-state index contributed by atoms with van der Waals surface area (Å²) in [6, 6.07) is 9.60. The smallest absolute Gasteiger partial charge is 0.270 e. The Kier molecular flexibility index (Phi) is 3.68. The first-order valence-electron chi connectivity index (χ1n) is 8.67. The Hall–Kier alpha value is -2.10. The van der Waals surface area contributed by atoms with E-state index < -0.39 is 0 Å². The largest absolute Gasteiger partial charge is 0.334 e. The van der Waals surface area contributed by atoms with Crippen LogP contribution in [0.15, 0.2) is 35.1 Å². The van der Waals surface area contributed by atoms with Gasteiger partial charge in [0, 0.05) is 18.0 Å². The standard InChI is InChI=1S/C19H22N2O2/c22-18-15-9-4-3-8-14(15)12-16(20-18)19(23)21-11-5-10-17(21)13-6-1-2-7-13/h3-4,8-9,12-13,17H,1-2,5-7,10-11H2,(H,20,22)/t17-/m1/s1. The zero-order valence-electron chi connectivity index (χ0n) is 13.3. The highest BCUT2D eigenvalue weighted by atomic mass is 16.2. The van der Waals surface area contributed by atoms with Gasteiger partial charge in [-0.25, -0.2) is 0 Å². The van der Waals surface area contributed by atoms with Crippen LogP contribution >= 0.6 is 0 Å². The molecule has 1 aromatic heterocycles. The third kappa shape index (κ3) is 2.56. The summed E-state index contributed by atoms with van der Waals surface area (Å²) < 4.78 is 0. The molecule has 1 aromatic carbocycles. The van der Waals surface area contributed by atoms with Crippen molar-refractivity contribution in [3.8, 4) is 0 Å². The van der Waals surface area contributed by atoms with Crippen molar-refractivity contribution in [2.45, 2.75) is 44.6 Å². The molecule has 1 N–H and O–H groups in total. The lowest BCUT2D eigenvalue weighted by Crippen LogP contribution is -2.40. The Labute approximate surface area is 135 Å². The van der Waals surface area contributed by atoms with Crippen molar-refractivity contribution in [1.82, 2.24) is 9.88 Å². The monoisotopic (exact) mass is 310 g/mol. The van der Waals surface area contributed by atoms with Gasteiger partial charge in [-0.1, -0.05) is 31.0 Å². The van der Waals surface area contributed by atoms with E-state index in [0.717, 1.165) is 24.8 Å². The zero-order valence-corrected chi connectivity index (χ0v) is 13.3. The number of aromatic amines is 1. The van der Waals surface area contributed by atoms with Crippen LogP contribution in [-0.2, 0) is 0 Å². The third-order valence-electron chi connectivity index (χ3n) is 5.49. The number of likely N-dealkylation sites (tertiary alicyclic amines) is 1. The van der Waals surface area contributed by atoms with Crippen LogP contribution in [0.5, 0.6) is 0 Å². The Morgan fingerprint density at radius 3 is 2.70 bits per heavy atom. The number of hydrogen-bond acceptors (Lipinski definition) is 2. The molecule has 0 radical (unpaired) electrons. The Balaban J connectivity index is 1.67. The predicted octanol–water partition coefficient (Wildman–Crippen LogP) is 3.32. The normalized spacial score (nSPS) is 22.1. The molecule has 2 aromatic rings. The Morgan fingerprint density at radius 1 is 1.09 bits per heavy atom. The van der Waals surface area contributed by atoms with Gasteiger partial charge in [-0.15, -0.1) is 0 Å². The number of nitrogens with one attached hydrogen (secondary N) is 1.